The molecule has 0 aliphatic carbocycles. The van der Waals surface area contributed by atoms with Crippen LogP contribution in [0.4, 0.5) is 0 Å². The average molecular weight is 311 g/mol. The van der Waals surface area contributed by atoms with Gasteiger partial charge in [0.1, 0.15) is 0 Å². The number of unbranched alkanes of at least 4 members (excludes halogenated alkanes) is 1. The van der Waals surface area contributed by atoms with Crippen LogP contribution in [0.15, 0.2) is 28.8 Å². The molecule has 0 radical (unpaired) electrons. The maximum atomic E-state index is 5.52. The second-order valence-electron chi connectivity index (χ2n) is 6.36. The zero-order valence-corrected chi connectivity index (χ0v) is 14.2. The molecule has 2 heterocycles. The lowest BCUT2D eigenvalue weighted by molar-refractivity contribution is 0.245. The van der Waals surface area contributed by atoms with Gasteiger partial charge in [0.15, 0.2) is 0 Å². The number of hydrogen-bond donors (Lipinski definition) is 0. The van der Waals surface area contributed by atoms with Gasteiger partial charge in [0.2, 0.25) is 11.7 Å². The Morgan fingerprint density at radius 1 is 1.39 bits per heavy atom. The molecule has 2 aromatic rings. The second kappa shape index (κ2) is 7.09. The largest absolute Gasteiger partial charge is 0.337 e. The molecule has 1 aliphatic heterocycles. The molecule has 23 heavy (non-hydrogen) atoms. The molecule has 0 saturated carbocycles. The van der Waals surface area contributed by atoms with Crippen LogP contribution in [0.25, 0.3) is 17.5 Å². The van der Waals surface area contributed by atoms with Crippen molar-refractivity contribution in [2.24, 2.45) is 0 Å². The Morgan fingerprint density at radius 3 is 3.00 bits per heavy atom. The van der Waals surface area contributed by atoms with E-state index >= 15 is 0 Å². The van der Waals surface area contributed by atoms with Crippen molar-refractivity contribution in [3.63, 3.8) is 0 Å². The van der Waals surface area contributed by atoms with Crippen molar-refractivity contribution in [1.82, 2.24) is 15.0 Å². The molecule has 122 valence electrons. The minimum absolute atomic E-state index is 0.269. The van der Waals surface area contributed by atoms with Crippen molar-refractivity contribution in [3.05, 3.63) is 41.3 Å². The Kier molecular flexibility index (Phi) is 4.91. The van der Waals surface area contributed by atoms with Gasteiger partial charge in [-0.2, -0.15) is 4.98 Å². The molecular weight excluding hydrogens is 286 g/mol. The number of aryl methyl sites for hydroxylation is 1. The number of hydrogen-bond acceptors (Lipinski definition) is 4. The summed E-state index contributed by atoms with van der Waals surface area (Å²) < 4.78 is 5.52. The quantitative estimate of drug-likeness (QED) is 0.807. The summed E-state index contributed by atoms with van der Waals surface area (Å²) in [5, 5.41) is 4.20. The highest BCUT2D eigenvalue weighted by molar-refractivity contribution is 5.64. The van der Waals surface area contributed by atoms with Crippen molar-refractivity contribution < 1.29 is 4.52 Å². The van der Waals surface area contributed by atoms with E-state index in [4.69, 9.17) is 4.52 Å². The second-order valence-corrected chi connectivity index (χ2v) is 6.36. The van der Waals surface area contributed by atoms with Crippen molar-refractivity contribution in [1.29, 1.82) is 0 Å². The average Bonchev–Trinajstić information content (AvgIpc) is 3.18. The molecule has 1 unspecified atom stereocenters. The van der Waals surface area contributed by atoms with Crippen LogP contribution in [-0.2, 0) is 0 Å². The lowest BCUT2D eigenvalue weighted by Gasteiger charge is -2.14. The van der Waals surface area contributed by atoms with Crippen molar-refractivity contribution in [3.8, 4) is 11.4 Å². The summed E-state index contributed by atoms with van der Waals surface area (Å²) in [7, 11) is 2.12. The minimum atomic E-state index is 0.269. The SMILES string of the molecule is CCC/C=C\c1cc(-c2noc(C3CCCN3C)n2)ccc1C. The van der Waals surface area contributed by atoms with E-state index in [1.165, 1.54) is 24.0 Å². The first-order valence-electron chi connectivity index (χ1n) is 8.50. The Balaban J connectivity index is 1.84. The number of nitrogens with zero attached hydrogens (tertiary/aromatic N) is 3. The monoisotopic (exact) mass is 311 g/mol. The zero-order valence-electron chi connectivity index (χ0n) is 14.2. The maximum Gasteiger partial charge on any atom is 0.244 e. The Bertz CT molecular complexity index is 690. The molecule has 1 atom stereocenters. The first-order chi connectivity index (χ1) is 11.2. The molecule has 4 heteroatoms. The van der Waals surface area contributed by atoms with E-state index in [1.807, 2.05) is 0 Å². The molecule has 0 amide bonds. The molecule has 1 saturated heterocycles. The normalized spacial score (nSPS) is 19.0. The van der Waals surface area contributed by atoms with Gasteiger partial charge in [0.05, 0.1) is 6.04 Å². The molecule has 1 aromatic carbocycles. The Hall–Kier alpha value is -1.94. The Morgan fingerprint density at radius 2 is 2.26 bits per heavy atom. The highest BCUT2D eigenvalue weighted by Gasteiger charge is 2.27. The lowest BCUT2D eigenvalue weighted by atomic mass is 10.0. The van der Waals surface area contributed by atoms with Crippen LogP contribution in [0.2, 0.25) is 0 Å². The summed E-state index contributed by atoms with van der Waals surface area (Å²) >= 11 is 0. The van der Waals surface area contributed by atoms with E-state index in [-0.39, 0.29) is 6.04 Å². The van der Waals surface area contributed by atoms with Crippen molar-refractivity contribution in [2.45, 2.75) is 45.6 Å². The number of allylic oxidation sites excluding steroid dienone is 1. The fourth-order valence-corrected chi connectivity index (χ4v) is 3.05. The van der Waals surface area contributed by atoms with Crippen LogP contribution in [0.5, 0.6) is 0 Å². The zero-order chi connectivity index (χ0) is 16.2. The van der Waals surface area contributed by atoms with Crippen LogP contribution in [0.1, 0.15) is 55.7 Å². The van der Waals surface area contributed by atoms with Gasteiger partial charge in [-0.1, -0.05) is 42.8 Å². The van der Waals surface area contributed by atoms with Gasteiger partial charge in [-0.15, -0.1) is 0 Å². The molecular formula is C19H25N3O. The van der Waals surface area contributed by atoms with Gasteiger partial charge < -0.3 is 4.52 Å². The summed E-state index contributed by atoms with van der Waals surface area (Å²) in [6.45, 7) is 5.42. The number of likely N-dealkylation sites (tertiary alicyclic amines) is 1. The van der Waals surface area contributed by atoms with Gasteiger partial charge in [0.25, 0.3) is 0 Å². The van der Waals surface area contributed by atoms with E-state index in [1.54, 1.807) is 0 Å². The molecule has 1 aromatic heterocycles. The third kappa shape index (κ3) is 3.53. The highest BCUT2D eigenvalue weighted by Crippen LogP contribution is 2.30. The first kappa shape index (κ1) is 15.9. The van der Waals surface area contributed by atoms with E-state index in [0.29, 0.717) is 5.82 Å². The lowest BCUT2D eigenvalue weighted by Crippen LogP contribution is -2.17. The molecule has 0 bridgehead atoms. The number of aromatic nitrogens is 2. The number of benzene rings is 1. The summed E-state index contributed by atoms with van der Waals surface area (Å²) in [5.74, 6) is 1.43. The van der Waals surface area contributed by atoms with E-state index < -0.39 is 0 Å². The van der Waals surface area contributed by atoms with Gasteiger partial charge in [0, 0.05) is 5.56 Å². The molecule has 1 fully saturated rings. The molecule has 4 nitrogen and oxygen atoms in total. The van der Waals surface area contributed by atoms with Crippen LogP contribution >= 0.6 is 0 Å². The Labute approximate surface area is 138 Å². The van der Waals surface area contributed by atoms with E-state index in [2.05, 4.69) is 66.3 Å². The topological polar surface area (TPSA) is 42.2 Å². The minimum Gasteiger partial charge on any atom is -0.337 e. The van der Waals surface area contributed by atoms with Gasteiger partial charge >= 0.3 is 0 Å². The molecule has 0 spiro atoms. The molecule has 3 rings (SSSR count). The number of rotatable bonds is 5. The summed E-state index contributed by atoms with van der Waals surface area (Å²) in [5.41, 5.74) is 3.50. The fraction of sp³-hybridized carbons (Fsp3) is 0.474. The predicted molar refractivity (Wildman–Crippen MR) is 93.0 cm³/mol. The fourth-order valence-electron chi connectivity index (χ4n) is 3.05. The standard InChI is InChI=1S/C19H25N3O/c1-4-5-6-8-15-13-16(11-10-14(15)2)18-20-19(23-21-18)17-9-7-12-22(17)3/h6,8,10-11,13,17H,4-5,7,9,12H2,1-3H3/b8-6-. The summed E-state index contributed by atoms with van der Waals surface area (Å²) in [6.07, 6.45) is 8.96. The molecule has 0 N–H and O–H groups in total. The predicted octanol–water partition coefficient (Wildman–Crippen LogP) is 4.63. The third-order valence-corrected chi connectivity index (χ3v) is 4.54. The maximum absolute atomic E-state index is 5.52. The van der Waals surface area contributed by atoms with Gasteiger partial charge in [-0.05, 0) is 57.0 Å². The van der Waals surface area contributed by atoms with Crippen LogP contribution in [0, 0.1) is 6.92 Å². The van der Waals surface area contributed by atoms with Gasteiger partial charge in [-0.3, -0.25) is 4.90 Å². The van der Waals surface area contributed by atoms with Gasteiger partial charge in [-0.25, -0.2) is 0 Å². The summed E-state index contributed by atoms with van der Waals surface area (Å²) in [6, 6.07) is 6.61. The molecule has 1 aliphatic rings. The highest BCUT2D eigenvalue weighted by atomic mass is 16.5. The third-order valence-electron chi connectivity index (χ3n) is 4.54. The van der Waals surface area contributed by atoms with E-state index in [9.17, 15) is 0 Å². The first-order valence-corrected chi connectivity index (χ1v) is 8.50. The van der Waals surface area contributed by atoms with E-state index in [0.717, 1.165) is 30.8 Å². The smallest absolute Gasteiger partial charge is 0.244 e. The van der Waals surface area contributed by atoms with Crippen molar-refractivity contribution in [2.75, 3.05) is 13.6 Å². The van der Waals surface area contributed by atoms with Crippen LogP contribution in [-0.4, -0.2) is 28.6 Å². The van der Waals surface area contributed by atoms with Crippen LogP contribution < -0.4 is 0 Å². The van der Waals surface area contributed by atoms with Crippen LogP contribution in [0.3, 0.4) is 0 Å². The summed E-state index contributed by atoms with van der Waals surface area (Å²) in [4.78, 5) is 6.92. The van der Waals surface area contributed by atoms with Crippen molar-refractivity contribution >= 4 is 6.08 Å².